The number of piperazine rings is 1. The molecule has 2 aromatic heterocycles. The molecular weight excluding hydrogens is 376 g/mol. The SMILES string of the molecule is CN1CCN(Cc2ccc3nc(-c4cc(-c5ccccc5)n[nH]c4=O)[nH]c3c2)CC1. The van der Waals surface area contributed by atoms with Gasteiger partial charge in [-0.05, 0) is 30.8 Å². The van der Waals surface area contributed by atoms with E-state index in [1.165, 1.54) is 5.56 Å². The second kappa shape index (κ2) is 7.85. The van der Waals surface area contributed by atoms with Gasteiger partial charge in [0.2, 0.25) is 0 Å². The predicted molar refractivity (Wildman–Crippen MR) is 118 cm³/mol. The van der Waals surface area contributed by atoms with Crippen LogP contribution in [0.1, 0.15) is 5.56 Å². The van der Waals surface area contributed by atoms with Crippen LogP contribution in [-0.2, 0) is 6.54 Å². The average Bonchev–Trinajstić information content (AvgIpc) is 3.19. The molecule has 1 fully saturated rings. The smallest absolute Gasteiger partial charge is 0.275 e. The number of nitrogens with one attached hydrogen (secondary N) is 2. The fourth-order valence-electron chi connectivity index (χ4n) is 3.89. The lowest BCUT2D eigenvalue weighted by molar-refractivity contribution is 0.148. The zero-order chi connectivity index (χ0) is 20.5. The van der Waals surface area contributed by atoms with E-state index in [2.05, 4.69) is 49.1 Å². The minimum Gasteiger partial charge on any atom is -0.338 e. The van der Waals surface area contributed by atoms with Crippen LogP contribution in [0.2, 0.25) is 0 Å². The third-order valence-electron chi connectivity index (χ3n) is 5.68. The molecular formula is C23H24N6O. The Kier molecular flexibility index (Phi) is 4.90. The van der Waals surface area contributed by atoms with E-state index < -0.39 is 0 Å². The first kappa shape index (κ1) is 18.7. The Morgan fingerprint density at radius 3 is 2.60 bits per heavy atom. The zero-order valence-corrected chi connectivity index (χ0v) is 16.9. The van der Waals surface area contributed by atoms with Gasteiger partial charge in [0.1, 0.15) is 5.82 Å². The largest absolute Gasteiger partial charge is 0.338 e. The molecule has 0 aliphatic carbocycles. The second-order valence-corrected chi connectivity index (χ2v) is 7.88. The molecule has 1 aliphatic heterocycles. The van der Waals surface area contributed by atoms with Gasteiger partial charge in [0.25, 0.3) is 5.56 Å². The molecule has 0 amide bonds. The summed E-state index contributed by atoms with van der Waals surface area (Å²) < 4.78 is 0. The quantitative estimate of drug-likeness (QED) is 0.551. The number of nitrogens with zero attached hydrogens (tertiary/aromatic N) is 4. The van der Waals surface area contributed by atoms with Crippen molar-refractivity contribution in [1.82, 2.24) is 30.0 Å². The normalized spacial score (nSPS) is 15.6. The third kappa shape index (κ3) is 3.77. The van der Waals surface area contributed by atoms with Crippen molar-refractivity contribution in [1.29, 1.82) is 0 Å². The van der Waals surface area contributed by atoms with Crippen LogP contribution in [0.15, 0.2) is 59.4 Å². The first-order valence-electron chi connectivity index (χ1n) is 10.2. The highest BCUT2D eigenvalue weighted by Crippen LogP contribution is 2.23. The molecule has 7 nitrogen and oxygen atoms in total. The number of imidazole rings is 1. The van der Waals surface area contributed by atoms with Crippen molar-refractivity contribution in [2.75, 3.05) is 33.2 Å². The van der Waals surface area contributed by atoms with E-state index >= 15 is 0 Å². The lowest BCUT2D eigenvalue weighted by atomic mass is 10.1. The zero-order valence-electron chi connectivity index (χ0n) is 16.9. The number of fused-ring (bicyclic) bond motifs is 1. The summed E-state index contributed by atoms with van der Waals surface area (Å²) in [5, 5.41) is 6.79. The first-order valence-corrected chi connectivity index (χ1v) is 10.2. The topological polar surface area (TPSA) is 80.9 Å². The monoisotopic (exact) mass is 400 g/mol. The van der Waals surface area contributed by atoms with Crippen LogP contribution in [0.25, 0.3) is 33.7 Å². The molecule has 152 valence electrons. The molecule has 0 bridgehead atoms. The fraction of sp³-hybridized carbons (Fsp3) is 0.261. The predicted octanol–water partition coefficient (Wildman–Crippen LogP) is 2.73. The van der Waals surface area contributed by atoms with Gasteiger partial charge in [0.05, 0.1) is 22.3 Å². The standard InChI is InChI=1S/C23H24N6O/c1-28-9-11-29(12-10-28)15-16-7-8-19-21(13-16)25-22(24-19)18-14-20(26-27-23(18)30)17-5-3-2-4-6-17/h2-8,13-14H,9-12,15H2,1H3,(H,24,25)(H,27,30). The highest BCUT2D eigenvalue weighted by Gasteiger charge is 2.15. The van der Waals surface area contributed by atoms with Crippen molar-refractivity contribution in [3.63, 3.8) is 0 Å². The maximum Gasteiger partial charge on any atom is 0.275 e. The van der Waals surface area contributed by atoms with E-state index in [1.54, 1.807) is 6.07 Å². The lowest BCUT2D eigenvalue weighted by Crippen LogP contribution is -2.43. The van der Waals surface area contributed by atoms with Crippen molar-refractivity contribution >= 4 is 11.0 Å². The lowest BCUT2D eigenvalue weighted by Gasteiger charge is -2.32. The van der Waals surface area contributed by atoms with Gasteiger partial charge in [-0.1, -0.05) is 36.4 Å². The third-order valence-corrected chi connectivity index (χ3v) is 5.68. The van der Waals surface area contributed by atoms with Crippen LogP contribution < -0.4 is 5.56 Å². The molecule has 0 saturated carbocycles. The number of H-pyrrole nitrogens is 2. The summed E-state index contributed by atoms with van der Waals surface area (Å²) in [4.78, 5) is 25.3. The fourth-order valence-corrected chi connectivity index (χ4v) is 3.89. The second-order valence-electron chi connectivity index (χ2n) is 7.88. The molecule has 0 radical (unpaired) electrons. The van der Waals surface area contributed by atoms with Crippen molar-refractivity contribution in [3.8, 4) is 22.6 Å². The molecule has 0 atom stereocenters. The summed E-state index contributed by atoms with van der Waals surface area (Å²) in [5.41, 5.74) is 4.92. The van der Waals surface area contributed by atoms with E-state index in [-0.39, 0.29) is 5.56 Å². The Morgan fingerprint density at radius 1 is 1.00 bits per heavy atom. The minimum atomic E-state index is -0.258. The number of benzene rings is 2. The van der Waals surface area contributed by atoms with E-state index in [9.17, 15) is 4.79 Å². The van der Waals surface area contributed by atoms with Crippen LogP contribution in [0.4, 0.5) is 0 Å². The molecule has 2 N–H and O–H groups in total. The number of likely N-dealkylation sites (N-methyl/N-ethyl adjacent to an activating group) is 1. The number of aromatic nitrogens is 4. The summed E-state index contributed by atoms with van der Waals surface area (Å²) in [6.45, 7) is 5.29. The molecule has 3 heterocycles. The molecule has 0 spiro atoms. The van der Waals surface area contributed by atoms with Crippen LogP contribution in [0.3, 0.4) is 0 Å². The molecule has 4 aromatic rings. The maximum absolute atomic E-state index is 12.4. The van der Waals surface area contributed by atoms with Gasteiger partial charge in [-0.2, -0.15) is 5.10 Å². The Hall–Kier alpha value is -3.29. The van der Waals surface area contributed by atoms with Crippen LogP contribution in [0, 0.1) is 0 Å². The van der Waals surface area contributed by atoms with Gasteiger partial charge in [0.15, 0.2) is 0 Å². The molecule has 1 saturated heterocycles. The minimum absolute atomic E-state index is 0.258. The number of aromatic amines is 2. The molecule has 30 heavy (non-hydrogen) atoms. The first-order chi connectivity index (χ1) is 14.7. The van der Waals surface area contributed by atoms with Gasteiger partial charge in [-0.15, -0.1) is 0 Å². The Morgan fingerprint density at radius 2 is 1.80 bits per heavy atom. The number of rotatable bonds is 4. The average molecular weight is 400 g/mol. The Bertz CT molecular complexity index is 1220. The highest BCUT2D eigenvalue weighted by atomic mass is 16.1. The van der Waals surface area contributed by atoms with Crippen LogP contribution in [-0.4, -0.2) is 63.2 Å². The van der Waals surface area contributed by atoms with E-state index in [0.29, 0.717) is 17.1 Å². The summed E-state index contributed by atoms with van der Waals surface area (Å²) in [6.07, 6.45) is 0. The number of hydrogen-bond donors (Lipinski definition) is 2. The Labute approximate surface area is 174 Å². The maximum atomic E-state index is 12.4. The number of hydrogen-bond acceptors (Lipinski definition) is 5. The molecule has 0 unspecified atom stereocenters. The summed E-state index contributed by atoms with van der Waals surface area (Å²) in [6, 6.07) is 17.9. The van der Waals surface area contributed by atoms with Gasteiger partial charge in [0, 0.05) is 38.3 Å². The highest BCUT2D eigenvalue weighted by molar-refractivity contribution is 5.80. The molecule has 1 aliphatic rings. The summed E-state index contributed by atoms with van der Waals surface area (Å²) in [7, 11) is 2.17. The van der Waals surface area contributed by atoms with Gasteiger partial charge in [-0.25, -0.2) is 10.1 Å². The summed E-state index contributed by atoms with van der Waals surface area (Å²) >= 11 is 0. The van der Waals surface area contributed by atoms with Gasteiger partial charge < -0.3 is 9.88 Å². The van der Waals surface area contributed by atoms with Crippen molar-refractivity contribution in [3.05, 3.63) is 70.5 Å². The van der Waals surface area contributed by atoms with E-state index in [0.717, 1.165) is 49.3 Å². The molecule has 2 aromatic carbocycles. The van der Waals surface area contributed by atoms with Crippen molar-refractivity contribution in [2.45, 2.75) is 6.54 Å². The van der Waals surface area contributed by atoms with E-state index in [4.69, 9.17) is 0 Å². The van der Waals surface area contributed by atoms with E-state index in [1.807, 2.05) is 36.4 Å². The summed E-state index contributed by atoms with van der Waals surface area (Å²) in [5.74, 6) is 0.558. The van der Waals surface area contributed by atoms with Gasteiger partial charge >= 0.3 is 0 Å². The molecule has 7 heteroatoms. The van der Waals surface area contributed by atoms with Crippen LogP contribution in [0.5, 0.6) is 0 Å². The molecule has 5 rings (SSSR count). The van der Waals surface area contributed by atoms with Crippen LogP contribution >= 0.6 is 0 Å². The van der Waals surface area contributed by atoms with Gasteiger partial charge in [-0.3, -0.25) is 9.69 Å². The van der Waals surface area contributed by atoms with Crippen molar-refractivity contribution < 1.29 is 0 Å². The van der Waals surface area contributed by atoms with Crippen molar-refractivity contribution in [2.24, 2.45) is 0 Å². The Balaban J connectivity index is 1.45.